The number of nitrogens with two attached hydrogens (primary N) is 1. The van der Waals surface area contributed by atoms with Crippen LogP contribution in [0.25, 0.3) is 5.52 Å². The Hall–Kier alpha value is -3.46. The summed E-state index contributed by atoms with van der Waals surface area (Å²) >= 11 is 5.76. The highest BCUT2D eigenvalue weighted by molar-refractivity contribution is 6.30. The van der Waals surface area contributed by atoms with Crippen molar-refractivity contribution < 1.29 is 18.8 Å². The molecule has 0 spiro atoms. The number of aromatic nitrogens is 2. The van der Waals surface area contributed by atoms with Gasteiger partial charge in [-0.15, -0.1) is 0 Å². The number of fused-ring (bicyclic) bond motifs is 1. The number of hydrogen-bond donors (Lipinski definition) is 2. The van der Waals surface area contributed by atoms with Gasteiger partial charge in [-0.25, -0.2) is 9.37 Å². The van der Waals surface area contributed by atoms with E-state index in [9.17, 15) is 18.8 Å². The van der Waals surface area contributed by atoms with Gasteiger partial charge in [-0.3, -0.25) is 14.4 Å². The van der Waals surface area contributed by atoms with Gasteiger partial charge in [-0.05, 0) is 24.6 Å². The normalized spacial score (nSPS) is 15.5. The number of nitrogens with one attached hydrogen (secondary N) is 1. The second-order valence-corrected chi connectivity index (χ2v) is 7.60. The number of halogens is 2. The lowest BCUT2D eigenvalue weighted by Crippen LogP contribution is -2.58. The van der Waals surface area contributed by atoms with Crippen LogP contribution in [0, 0.1) is 5.82 Å². The van der Waals surface area contributed by atoms with E-state index in [1.54, 1.807) is 34.9 Å². The van der Waals surface area contributed by atoms with Gasteiger partial charge in [0.1, 0.15) is 17.7 Å². The molecule has 1 atom stereocenters. The molecule has 0 bridgehead atoms. The third-order valence-electron chi connectivity index (χ3n) is 5.29. The number of primary amides is 1. The number of benzene rings is 1. The zero-order valence-electron chi connectivity index (χ0n) is 16.3. The van der Waals surface area contributed by atoms with Gasteiger partial charge < -0.3 is 20.4 Å². The first kappa shape index (κ1) is 20.8. The summed E-state index contributed by atoms with van der Waals surface area (Å²) in [5.74, 6) is -1.57. The third kappa shape index (κ3) is 3.96. The molecular weight excluding hydrogens is 425 g/mol. The highest BCUT2D eigenvalue weighted by Crippen LogP contribution is 2.22. The van der Waals surface area contributed by atoms with Crippen molar-refractivity contribution in [2.24, 2.45) is 5.73 Å². The molecule has 2 aromatic heterocycles. The Kier molecular flexibility index (Phi) is 5.60. The van der Waals surface area contributed by atoms with Gasteiger partial charge >= 0.3 is 0 Å². The summed E-state index contributed by atoms with van der Waals surface area (Å²) in [5, 5.41) is 2.63. The third-order valence-corrected chi connectivity index (χ3v) is 5.58. The van der Waals surface area contributed by atoms with Crippen LogP contribution in [0.1, 0.15) is 28.3 Å². The summed E-state index contributed by atoms with van der Waals surface area (Å²) < 4.78 is 15.6. The second-order valence-electron chi connectivity index (χ2n) is 7.20. The highest BCUT2D eigenvalue weighted by Gasteiger charge is 2.37. The molecule has 3 amide bonds. The smallest absolute Gasteiger partial charge is 0.269 e. The Morgan fingerprint density at radius 2 is 2.03 bits per heavy atom. The van der Waals surface area contributed by atoms with Crippen LogP contribution in [0.5, 0.6) is 0 Å². The van der Waals surface area contributed by atoms with Crippen LogP contribution in [0.3, 0.4) is 0 Å². The number of carbonyl (C=O) groups is 3. The van der Waals surface area contributed by atoms with Crippen molar-refractivity contribution in [2.75, 3.05) is 6.54 Å². The van der Waals surface area contributed by atoms with E-state index >= 15 is 0 Å². The minimum absolute atomic E-state index is 0.0190. The molecule has 1 aliphatic heterocycles. The molecule has 10 heteroatoms. The van der Waals surface area contributed by atoms with Gasteiger partial charge in [0, 0.05) is 24.8 Å². The molecule has 0 saturated carbocycles. The molecule has 0 radical (unpaired) electrons. The molecule has 3 aromatic rings. The highest BCUT2D eigenvalue weighted by atomic mass is 35.5. The Morgan fingerprint density at radius 3 is 2.74 bits per heavy atom. The number of amides is 3. The minimum Gasteiger partial charge on any atom is -0.364 e. The van der Waals surface area contributed by atoms with Crippen LogP contribution < -0.4 is 11.1 Å². The summed E-state index contributed by atoms with van der Waals surface area (Å²) in [6.07, 6.45) is 2.10. The Balaban J connectivity index is 1.43. The predicted molar refractivity (Wildman–Crippen MR) is 111 cm³/mol. The summed E-state index contributed by atoms with van der Waals surface area (Å²) in [5.41, 5.74) is 6.25. The number of rotatable bonds is 6. The van der Waals surface area contributed by atoms with Crippen LogP contribution in [-0.2, 0) is 22.6 Å². The standard InChI is InChI=1S/C21H19ClFN5O3/c22-13-5-3-4-12(18(13)23)11-25-21(31)15-7-9-28(15)17(29)10-16-26-19(20(24)30)14-6-1-2-8-27(14)16/h1-6,8,15H,7,9-11H2,(H2,24,30)(H,25,31)/t15-/m0/s1. The summed E-state index contributed by atoms with van der Waals surface area (Å²) in [7, 11) is 0. The molecule has 1 aromatic carbocycles. The van der Waals surface area contributed by atoms with Gasteiger partial charge in [0.05, 0.1) is 17.0 Å². The number of likely N-dealkylation sites (tertiary alicyclic amines) is 1. The maximum atomic E-state index is 14.0. The van der Waals surface area contributed by atoms with Gasteiger partial charge in [0.2, 0.25) is 11.8 Å². The molecule has 160 valence electrons. The molecule has 3 heterocycles. The number of imidazole rings is 1. The van der Waals surface area contributed by atoms with Gasteiger partial charge in [0.25, 0.3) is 5.91 Å². The Morgan fingerprint density at radius 1 is 1.23 bits per heavy atom. The van der Waals surface area contributed by atoms with Gasteiger partial charge in [-0.1, -0.05) is 29.8 Å². The van der Waals surface area contributed by atoms with Gasteiger partial charge in [0.15, 0.2) is 5.69 Å². The maximum Gasteiger partial charge on any atom is 0.269 e. The van der Waals surface area contributed by atoms with Crippen molar-refractivity contribution in [3.8, 4) is 0 Å². The van der Waals surface area contributed by atoms with Crippen molar-refractivity contribution in [1.29, 1.82) is 0 Å². The first-order chi connectivity index (χ1) is 14.9. The van der Waals surface area contributed by atoms with Crippen LogP contribution in [0.4, 0.5) is 4.39 Å². The fourth-order valence-corrected chi connectivity index (χ4v) is 3.78. The van der Waals surface area contributed by atoms with E-state index in [1.807, 2.05) is 0 Å². The number of hydrogen-bond acceptors (Lipinski definition) is 4. The first-order valence-electron chi connectivity index (χ1n) is 9.62. The molecule has 31 heavy (non-hydrogen) atoms. The Labute approximate surface area is 181 Å². The summed E-state index contributed by atoms with van der Waals surface area (Å²) in [6.45, 7) is 0.394. The van der Waals surface area contributed by atoms with E-state index in [0.29, 0.717) is 24.3 Å². The van der Waals surface area contributed by atoms with E-state index in [2.05, 4.69) is 10.3 Å². The zero-order valence-corrected chi connectivity index (χ0v) is 17.1. The lowest BCUT2D eigenvalue weighted by Gasteiger charge is -2.39. The average molecular weight is 444 g/mol. The topological polar surface area (TPSA) is 110 Å². The quantitative estimate of drug-likeness (QED) is 0.604. The fraction of sp³-hybridized carbons (Fsp3) is 0.238. The van der Waals surface area contributed by atoms with E-state index in [4.69, 9.17) is 17.3 Å². The lowest BCUT2D eigenvalue weighted by atomic mass is 10.0. The van der Waals surface area contributed by atoms with Crippen molar-refractivity contribution in [3.63, 3.8) is 0 Å². The van der Waals surface area contributed by atoms with Crippen molar-refractivity contribution in [3.05, 3.63) is 70.5 Å². The number of pyridine rings is 1. The molecule has 8 nitrogen and oxygen atoms in total. The van der Waals surface area contributed by atoms with E-state index < -0.39 is 17.8 Å². The summed E-state index contributed by atoms with van der Waals surface area (Å²) in [4.78, 5) is 42.6. The van der Waals surface area contributed by atoms with Crippen molar-refractivity contribution in [1.82, 2.24) is 19.6 Å². The molecule has 0 aliphatic carbocycles. The van der Waals surface area contributed by atoms with Crippen LogP contribution in [0.2, 0.25) is 5.02 Å². The van der Waals surface area contributed by atoms with E-state index in [-0.39, 0.29) is 41.1 Å². The van der Waals surface area contributed by atoms with Crippen molar-refractivity contribution >= 4 is 34.8 Å². The van der Waals surface area contributed by atoms with Crippen LogP contribution in [-0.4, -0.2) is 44.6 Å². The lowest BCUT2D eigenvalue weighted by molar-refractivity contribution is -0.147. The fourth-order valence-electron chi connectivity index (χ4n) is 3.59. The number of carbonyl (C=O) groups excluding carboxylic acids is 3. The van der Waals surface area contributed by atoms with Gasteiger partial charge in [-0.2, -0.15) is 0 Å². The van der Waals surface area contributed by atoms with Crippen LogP contribution in [0.15, 0.2) is 42.6 Å². The first-order valence-corrected chi connectivity index (χ1v) is 10.0. The monoisotopic (exact) mass is 443 g/mol. The molecular formula is C21H19ClFN5O3. The molecule has 3 N–H and O–H groups in total. The molecule has 1 fully saturated rings. The predicted octanol–water partition coefficient (Wildman–Crippen LogP) is 1.69. The maximum absolute atomic E-state index is 14.0. The second kappa shape index (κ2) is 8.35. The van der Waals surface area contributed by atoms with Crippen LogP contribution >= 0.6 is 11.6 Å². The minimum atomic E-state index is -0.683. The molecule has 1 saturated heterocycles. The molecule has 0 unspecified atom stereocenters. The largest absolute Gasteiger partial charge is 0.364 e. The Bertz CT molecular complexity index is 1190. The summed E-state index contributed by atoms with van der Waals surface area (Å²) in [6, 6.07) is 9.10. The van der Waals surface area contributed by atoms with Crippen molar-refractivity contribution in [2.45, 2.75) is 25.4 Å². The average Bonchev–Trinajstić information content (AvgIpc) is 3.07. The number of nitrogens with zero attached hydrogens (tertiary/aromatic N) is 3. The van der Waals surface area contributed by atoms with E-state index in [0.717, 1.165) is 0 Å². The molecule has 1 aliphatic rings. The van der Waals surface area contributed by atoms with E-state index in [1.165, 1.54) is 17.0 Å². The molecule has 4 rings (SSSR count). The SMILES string of the molecule is NC(=O)c1nc(CC(=O)N2CC[C@H]2C(=O)NCc2cccc(Cl)c2F)n2ccccc12. The zero-order chi connectivity index (χ0) is 22.1.